The average Bonchev–Trinajstić information content (AvgIpc) is 2.97. The number of aryl methyl sites for hydroxylation is 1. The Balaban J connectivity index is 2.13. The van der Waals surface area contributed by atoms with Crippen LogP contribution in [0.1, 0.15) is 43.1 Å². The Labute approximate surface area is 152 Å². The van der Waals surface area contributed by atoms with Gasteiger partial charge in [0.25, 0.3) is 0 Å². The second-order valence-corrected chi connectivity index (χ2v) is 8.44. The van der Waals surface area contributed by atoms with Crippen molar-refractivity contribution in [3.05, 3.63) is 29.3 Å². The summed E-state index contributed by atoms with van der Waals surface area (Å²) in [7, 11) is 0. The van der Waals surface area contributed by atoms with Gasteiger partial charge in [-0.3, -0.25) is 9.59 Å². The van der Waals surface area contributed by atoms with Gasteiger partial charge >= 0.3 is 5.97 Å². The van der Waals surface area contributed by atoms with Crippen LogP contribution in [0.5, 0.6) is 0 Å². The molecule has 0 bridgehead atoms. The summed E-state index contributed by atoms with van der Waals surface area (Å²) in [5, 5.41) is 11.9. The molecule has 1 fully saturated rings. The average molecular weight is 364 g/mol. The zero-order chi connectivity index (χ0) is 18.8. The lowest BCUT2D eigenvalue weighted by Gasteiger charge is -2.27. The van der Waals surface area contributed by atoms with E-state index in [1.54, 1.807) is 29.7 Å². The number of benzene rings is 1. The van der Waals surface area contributed by atoms with E-state index in [2.05, 4.69) is 5.32 Å². The number of carbonyl (C=O) groups is 3. The highest BCUT2D eigenvalue weighted by atomic mass is 32.2. The molecule has 0 spiro atoms. The highest BCUT2D eigenvalue weighted by molar-refractivity contribution is 7.99. The first kappa shape index (κ1) is 19.3. The number of aromatic carboxylic acids is 1. The molecule has 2 rings (SSSR count). The SMILES string of the molecule is Cc1ccc(C(=O)O)cc1NC(=O)C1CSCN1C(=O)CC(C)(C)C. The maximum absolute atomic E-state index is 12.7. The fourth-order valence-electron chi connectivity index (χ4n) is 2.57. The molecule has 2 amide bonds. The van der Waals surface area contributed by atoms with Crippen LogP contribution in [-0.2, 0) is 9.59 Å². The molecule has 0 radical (unpaired) electrons. The van der Waals surface area contributed by atoms with Crippen LogP contribution in [0.25, 0.3) is 0 Å². The first-order valence-electron chi connectivity index (χ1n) is 8.10. The molecule has 25 heavy (non-hydrogen) atoms. The van der Waals surface area contributed by atoms with E-state index in [-0.39, 0.29) is 22.8 Å². The molecule has 0 aromatic heterocycles. The topological polar surface area (TPSA) is 86.7 Å². The molecule has 1 aliphatic rings. The van der Waals surface area contributed by atoms with E-state index in [4.69, 9.17) is 5.11 Å². The summed E-state index contributed by atoms with van der Waals surface area (Å²) in [5.74, 6) is -0.318. The van der Waals surface area contributed by atoms with Gasteiger partial charge in [0.1, 0.15) is 6.04 Å². The number of rotatable bonds is 4. The van der Waals surface area contributed by atoms with E-state index in [0.29, 0.717) is 23.7 Å². The Morgan fingerprint density at radius 3 is 2.60 bits per heavy atom. The molecular formula is C18H24N2O4S. The maximum atomic E-state index is 12.7. The first-order valence-corrected chi connectivity index (χ1v) is 9.26. The molecular weight excluding hydrogens is 340 g/mol. The number of carboxylic acid groups (broad SMARTS) is 1. The van der Waals surface area contributed by atoms with Crippen LogP contribution in [-0.4, -0.2) is 45.5 Å². The van der Waals surface area contributed by atoms with Crippen molar-refractivity contribution in [3.8, 4) is 0 Å². The Bertz CT molecular complexity index is 697. The molecule has 6 nitrogen and oxygen atoms in total. The number of nitrogens with one attached hydrogen (secondary N) is 1. The molecule has 1 aromatic carbocycles. The third-order valence-corrected chi connectivity index (χ3v) is 4.94. The van der Waals surface area contributed by atoms with Gasteiger partial charge in [0, 0.05) is 17.9 Å². The fraction of sp³-hybridized carbons (Fsp3) is 0.500. The second-order valence-electron chi connectivity index (χ2n) is 7.44. The number of thioether (sulfide) groups is 1. The minimum absolute atomic E-state index is 0.0336. The van der Waals surface area contributed by atoms with Crippen molar-refractivity contribution in [2.75, 3.05) is 16.9 Å². The first-order chi connectivity index (χ1) is 11.6. The highest BCUT2D eigenvalue weighted by Crippen LogP contribution is 2.27. The van der Waals surface area contributed by atoms with Crippen LogP contribution in [0.15, 0.2) is 18.2 Å². The fourth-order valence-corrected chi connectivity index (χ4v) is 3.75. The van der Waals surface area contributed by atoms with Crippen molar-refractivity contribution >= 4 is 35.2 Å². The number of hydrogen-bond acceptors (Lipinski definition) is 4. The Morgan fingerprint density at radius 2 is 2.00 bits per heavy atom. The monoisotopic (exact) mass is 364 g/mol. The number of hydrogen-bond donors (Lipinski definition) is 2. The molecule has 1 heterocycles. The summed E-state index contributed by atoms with van der Waals surface area (Å²) >= 11 is 1.55. The maximum Gasteiger partial charge on any atom is 0.335 e. The highest BCUT2D eigenvalue weighted by Gasteiger charge is 2.36. The van der Waals surface area contributed by atoms with Gasteiger partial charge in [-0.1, -0.05) is 26.8 Å². The van der Waals surface area contributed by atoms with Gasteiger partial charge in [0.2, 0.25) is 11.8 Å². The summed E-state index contributed by atoms with van der Waals surface area (Å²) in [6.07, 6.45) is 0.380. The van der Waals surface area contributed by atoms with Crippen molar-refractivity contribution in [1.29, 1.82) is 0 Å². The van der Waals surface area contributed by atoms with E-state index in [0.717, 1.165) is 5.56 Å². The third kappa shape index (κ3) is 4.98. The van der Waals surface area contributed by atoms with Gasteiger partial charge in [-0.25, -0.2) is 4.79 Å². The van der Waals surface area contributed by atoms with Gasteiger partial charge in [-0.05, 0) is 30.0 Å². The molecule has 136 valence electrons. The van der Waals surface area contributed by atoms with E-state index in [1.165, 1.54) is 12.1 Å². The van der Waals surface area contributed by atoms with Crippen LogP contribution in [0.2, 0.25) is 0 Å². The zero-order valence-corrected chi connectivity index (χ0v) is 15.8. The summed E-state index contributed by atoms with van der Waals surface area (Å²) in [5.41, 5.74) is 1.21. The van der Waals surface area contributed by atoms with Gasteiger partial charge < -0.3 is 15.3 Å². The molecule has 7 heteroatoms. The molecule has 1 aliphatic heterocycles. The molecule has 2 N–H and O–H groups in total. The van der Waals surface area contributed by atoms with E-state index in [1.807, 2.05) is 20.8 Å². The Hall–Kier alpha value is -2.02. The standard InChI is InChI=1S/C18H24N2O4S/c1-11-5-6-12(17(23)24)7-13(11)19-16(22)14-9-25-10-20(14)15(21)8-18(2,3)4/h5-7,14H,8-10H2,1-4H3,(H,19,22)(H,23,24). The van der Waals surface area contributed by atoms with Crippen LogP contribution in [0.4, 0.5) is 5.69 Å². The quantitative estimate of drug-likeness (QED) is 0.858. The number of nitrogens with zero attached hydrogens (tertiary/aromatic N) is 1. The lowest BCUT2D eigenvalue weighted by Crippen LogP contribution is -2.45. The van der Waals surface area contributed by atoms with E-state index < -0.39 is 12.0 Å². The van der Waals surface area contributed by atoms with Crippen molar-refractivity contribution in [2.45, 2.75) is 40.2 Å². The molecule has 1 aromatic rings. The van der Waals surface area contributed by atoms with E-state index in [9.17, 15) is 14.4 Å². The number of anilines is 1. The van der Waals surface area contributed by atoms with Crippen molar-refractivity contribution in [1.82, 2.24) is 4.90 Å². The van der Waals surface area contributed by atoms with Gasteiger partial charge in [-0.15, -0.1) is 11.8 Å². The second kappa shape index (κ2) is 7.47. The summed E-state index contributed by atoms with van der Waals surface area (Å²) in [6, 6.07) is 4.06. The normalized spacial score (nSPS) is 17.4. The van der Waals surface area contributed by atoms with Crippen molar-refractivity contribution in [3.63, 3.8) is 0 Å². The smallest absolute Gasteiger partial charge is 0.335 e. The largest absolute Gasteiger partial charge is 0.478 e. The number of amides is 2. The van der Waals surface area contributed by atoms with Gasteiger partial charge in [0.05, 0.1) is 11.4 Å². The molecule has 1 atom stereocenters. The minimum atomic E-state index is -1.05. The Kier molecular flexibility index (Phi) is 5.77. The predicted molar refractivity (Wildman–Crippen MR) is 98.8 cm³/mol. The number of carbonyl (C=O) groups excluding carboxylic acids is 2. The van der Waals surface area contributed by atoms with Crippen LogP contribution < -0.4 is 5.32 Å². The third-order valence-electron chi connectivity index (χ3n) is 3.93. The Morgan fingerprint density at radius 1 is 1.32 bits per heavy atom. The summed E-state index contributed by atoms with van der Waals surface area (Å²) < 4.78 is 0. The van der Waals surface area contributed by atoms with Crippen LogP contribution >= 0.6 is 11.8 Å². The molecule has 1 unspecified atom stereocenters. The predicted octanol–water partition coefficient (Wildman–Crippen LogP) is 2.97. The molecule has 0 aliphatic carbocycles. The number of carboxylic acids is 1. The molecule has 1 saturated heterocycles. The van der Waals surface area contributed by atoms with Gasteiger partial charge in [-0.2, -0.15) is 0 Å². The van der Waals surface area contributed by atoms with Crippen molar-refractivity contribution < 1.29 is 19.5 Å². The van der Waals surface area contributed by atoms with E-state index >= 15 is 0 Å². The van der Waals surface area contributed by atoms with Crippen molar-refractivity contribution in [2.24, 2.45) is 5.41 Å². The lowest BCUT2D eigenvalue weighted by molar-refractivity contribution is -0.137. The van der Waals surface area contributed by atoms with Crippen LogP contribution in [0.3, 0.4) is 0 Å². The zero-order valence-electron chi connectivity index (χ0n) is 15.0. The summed E-state index contributed by atoms with van der Waals surface area (Å²) in [4.78, 5) is 37.9. The van der Waals surface area contributed by atoms with Crippen LogP contribution in [0, 0.1) is 12.3 Å². The minimum Gasteiger partial charge on any atom is -0.478 e. The van der Waals surface area contributed by atoms with Gasteiger partial charge in [0.15, 0.2) is 0 Å². The lowest BCUT2D eigenvalue weighted by atomic mass is 9.91. The summed E-state index contributed by atoms with van der Waals surface area (Å²) in [6.45, 7) is 7.77. The molecule has 0 saturated carbocycles.